The zero-order valence-corrected chi connectivity index (χ0v) is 26.6. The summed E-state index contributed by atoms with van der Waals surface area (Å²) in [4.78, 5) is 46.7. The van der Waals surface area contributed by atoms with Crippen LogP contribution in [0.3, 0.4) is 0 Å². The number of hydrogen-bond donors (Lipinski definition) is 2. The second-order valence-electron chi connectivity index (χ2n) is 14.5. The molecule has 3 unspecified atom stereocenters. The number of nitrogens with one attached hydrogen (secondary N) is 1. The molecule has 2 N–H and O–H groups in total. The number of carbonyl (C=O) groups is 3. The molecule has 4 aliphatic heterocycles. The number of esters is 2. The van der Waals surface area contributed by atoms with E-state index in [1.807, 2.05) is 24.3 Å². The average molecular weight is 641 g/mol. The molecule has 0 radical (unpaired) electrons. The fourth-order valence-corrected chi connectivity index (χ4v) is 7.82. The van der Waals surface area contributed by atoms with Crippen molar-refractivity contribution in [2.24, 2.45) is 11.3 Å². The molecule has 0 aromatic heterocycles. The van der Waals surface area contributed by atoms with E-state index in [-0.39, 0.29) is 39.2 Å². The predicted octanol–water partition coefficient (Wildman–Crippen LogP) is 2.41. The van der Waals surface area contributed by atoms with Crippen molar-refractivity contribution in [2.45, 2.75) is 120 Å². The third kappa shape index (κ3) is 6.11. The van der Waals surface area contributed by atoms with Crippen molar-refractivity contribution in [2.75, 3.05) is 13.4 Å². The van der Waals surface area contributed by atoms with E-state index in [1.54, 1.807) is 25.8 Å². The summed E-state index contributed by atoms with van der Waals surface area (Å²) >= 11 is 0. The Balaban J connectivity index is 1.07. The molecular weight excluding hydrogens is 596 g/mol. The number of aliphatic hydroxyl groups is 1. The van der Waals surface area contributed by atoms with Crippen molar-refractivity contribution in [1.29, 1.82) is 0 Å². The van der Waals surface area contributed by atoms with Crippen LogP contribution in [0.5, 0.6) is 0 Å². The van der Waals surface area contributed by atoms with Gasteiger partial charge in [-0.3, -0.25) is 19.2 Å². The lowest BCUT2D eigenvalue weighted by molar-refractivity contribution is -0.201. The Kier molecular flexibility index (Phi) is 8.48. The Hall–Kier alpha value is -2.87. The van der Waals surface area contributed by atoms with Crippen molar-refractivity contribution < 1.29 is 48.0 Å². The molecule has 1 aromatic carbocycles. The predicted molar refractivity (Wildman–Crippen MR) is 161 cm³/mol. The van der Waals surface area contributed by atoms with Gasteiger partial charge in [-0.2, -0.15) is 5.06 Å². The molecule has 1 amide bonds. The monoisotopic (exact) mass is 640 g/mol. The lowest BCUT2D eigenvalue weighted by atomic mass is 9.62. The zero-order valence-electron chi connectivity index (χ0n) is 26.6. The van der Waals surface area contributed by atoms with Crippen LogP contribution in [0.1, 0.15) is 70.4 Å². The molecule has 12 nitrogen and oxygen atoms in total. The van der Waals surface area contributed by atoms with E-state index in [9.17, 15) is 19.5 Å². The number of benzene rings is 1. The summed E-state index contributed by atoms with van der Waals surface area (Å²) in [6.45, 7) is 5.20. The van der Waals surface area contributed by atoms with E-state index in [4.69, 9.17) is 28.5 Å². The van der Waals surface area contributed by atoms with Crippen LogP contribution in [-0.4, -0.2) is 95.7 Å². The summed E-state index contributed by atoms with van der Waals surface area (Å²) in [6, 6.07) is 6.28. The van der Waals surface area contributed by atoms with Gasteiger partial charge in [0.1, 0.15) is 42.2 Å². The molecule has 6 aliphatic rings. The molecule has 4 saturated heterocycles. The molecule has 0 spiro atoms. The summed E-state index contributed by atoms with van der Waals surface area (Å²) in [5.74, 6) is -0.907. The van der Waals surface area contributed by atoms with Gasteiger partial charge < -0.3 is 34.1 Å². The van der Waals surface area contributed by atoms with Gasteiger partial charge in [0.25, 0.3) is 0 Å². The number of fused-ring (bicyclic) bond motifs is 5. The second kappa shape index (κ2) is 12.3. The van der Waals surface area contributed by atoms with Crippen molar-refractivity contribution in [3.8, 4) is 0 Å². The van der Waals surface area contributed by atoms with E-state index in [2.05, 4.69) is 17.5 Å². The number of rotatable bonds is 10. The zero-order chi connectivity index (χ0) is 32.2. The van der Waals surface area contributed by atoms with Crippen LogP contribution >= 0.6 is 0 Å². The van der Waals surface area contributed by atoms with E-state index >= 15 is 0 Å². The maximum Gasteiger partial charge on any atom is 0.327 e. The van der Waals surface area contributed by atoms with Gasteiger partial charge in [0.05, 0.1) is 31.4 Å². The summed E-state index contributed by atoms with van der Waals surface area (Å²) in [7, 11) is 0. The van der Waals surface area contributed by atoms with Gasteiger partial charge in [-0.15, -0.1) is 0 Å². The molecule has 4 heterocycles. The molecule has 10 atom stereocenters. The van der Waals surface area contributed by atoms with Crippen LogP contribution in [-0.2, 0) is 49.5 Å². The number of carbonyl (C=O) groups excluding carboxylic acids is 3. The average Bonchev–Trinajstić information content (AvgIpc) is 3.44. The van der Waals surface area contributed by atoms with E-state index in [0.717, 1.165) is 30.4 Å². The van der Waals surface area contributed by atoms with Crippen molar-refractivity contribution >= 4 is 23.9 Å². The Morgan fingerprint density at radius 1 is 1.13 bits per heavy atom. The van der Waals surface area contributed by atoms with Crippen LogP contribution in [0.25, 0.3) is 6.08 Å². The van der Waals surface area contributed by atoms with Gasteiger partial charge in [-0.05, 0) is 63.5 Å². The summed E-state index contributed by atoms with van der Waals surface area (Å²) < 4.78 is 28.6. The van der Waals surface area contributed by atoms with Gasteiger partial charge in [0.2, 0.25) is 5.91 Å². The maximum absolute atomic E-state index is 14.3. The molecular formula is C34H44N2O10. The molecule has 2 aliphatic carbocycles. The Bertz CT molecular complexity index is 1360. The number of epoxide rings is 1. The van der Waals surface area contributed by atoms with Crippen molar-refractivity contribution in [1.82, 2.24) is 10.4 Å². The number of nitrogens with zero attached hydrogens (tertiary/aromatic N) is 1. The van der Waals surface area contributed by atoms with Gasteiger partial charge in [-0.25, -0.2) is 0 Å². The van der Waals surface area contributed by atoms with Crippen molar-refractivity contribution in [3.05, 3.63) is 41.5 Å². The van der Waals surface area contributed by atoms with E-state index in [1.165, 1.54) is 0 Å². The first kappa shape index (κ1) is 31.7. The molecule has 7 rings (SSSR count). The van der Waals surface area contributed by atoms with Gasteiger partial charge in [-0.1, -0.05) is 36.4 Å². The molecule has 2 saturated carbocycles. The minimum atomic E-state index is -1.35. The lowest BCUT2D eigenvalue weighted by Crippen LogP contribution is -2.70. The first-order valence-corrected chi connectivity index (χ1v) is 16.5. The summed E-state index contributed by atoms with van der Waals surface area (Å²) in [5, 5.41) is 14.6. The highest BCUT2D eigenvalue weighted by Crippen LogP contribution is 2.55. The fraction of sp³-hybridized carbons (Fsp3) is 0.676. The van der Waals surface area contributed by atoms with E-state index < -0.39 is 65.4 Å². The molecule has 46 heavy (non-hydrogen) atoms. The largest absolute Gasteiger partial charge is 0.460 e. The Morgan fingerprint density at radius 3 is 2.65 bits per heavy atom. The number of allylic oxidation sites excluding steroid dienone is 1. The quantitative estimate of drug-likeness (QED) is 0.287. The fourth-order valence-electron chi connectivity index (χ4n) is 7.82. The third-order valence-electron chi connectivity index (χ3n) is 10.1. The standard InChI is InChI=1S/C34H44N2O10/c1-33(2,3)45-26(38)13-11-22(17-37)35-32(40)34-15-25-27-28(42-18-41-27)30(34)46-36(29(34)31(39)44-25)16-21-8-5-19(6-9-21)4-7-20-10-12-23-24(14-20)43-23/h4-9,20,22-25,27-30,37H,10-18H2,1-3H3,(H,35,40)/t20?,22-,23?,24?,25+,27-,28-,29-,30+,34-/m0/s1. The van der Waals surface area contributed by atoms with Crippen LogP contribution in [0.15, 0.2) is 30.3 Å². The normalized spacial score (nSPS) is 36.9. The molecule has 12 heteroatoms. The molecule has 6 fully saturated rings. The smallest absolute Gasteiger partial charge is 0.327 e. The number of amides is 1. The van der Waals surface area contributed by atoms with Crippen LogP contribution in [0.4, 0.5) is 0 Å². The van der Waals surface area contributed by atoms with Gasteiger partial charge in [0.15, 0.2) is 6.04 Å². The number of aliphatic hydroxyl groups excluding tert-OH is 1. The number of ether oxygens (including phenoxy) is 5. The first-order chi connectivity index (χ1) is 22.0. The third-order valence-corrected chi connectivity index (χ3v) is 10.1. The summed E-state index contributed by atoms with van der Waals surface area (Å²) in [5.41, 5.74) is -0.00887. The Labute approximate surface area is 268 Å². The second-order valence-corrected chi connectivity index (χ2v) is 14.5. The Morgan fingerprint density at radius 2 is 1.91 bits per heavy atom. The highest BCUT2D eigenvalue weighted by atomic mass is 16.8. The van der Waals surface area contributed by atoms with Crippen LogP contribution in [0.2, 0.25) is 0 Å². The first-order valence-electron chi connectivity index (χ1n) is 16.5. The maximum atomic E-state index is 14.3. The van der Waals surface area contributed by atoms with Gasteiger partial charge >= 0.3 is 11.9 Å². The number of hydrogen-bond acceptors (Lipinski definition) is 11. The van der Waals surface area contributed by atoms with Gasteiger partial charge in [0, 0.05) is 12.8 Å². The number of hydroxylamine groups is 2. The molecule has 250 valence electrons. The topological polar surface area (TPSA) is 145 Å². The van der Waals surface area contributed by atoms with Crippen LogP contribution in [0, 0.1) is 11.3 Å². The molecule has 2 bridgehead atoms. The minimum absolute atomic E-state index is 0.00482. The highest BCUT2D eigenvalue weighted by molar-refractivity contribution is 5.93. The molecule has 1 aromatic rings. The SMILES string of the molecule is CC(C)(C)OC(=O)CC[C@@H](CO)NC(=O)[C@@]12C[C@H]3OC(=O)[C@@H]1N(Cc1ccc(C=CC4CCC5OC5C4)cc1)O[C@@H]2[C@H]1OCO[C@H]13. The van der Waals surface area contributed by atoms with Crippen LogP contribution < -0.4 is 5.32 Å². The lowest BCUT2D eigenvalue weighted by Gasteiger charge is -2.49. The summed E-state index contributed by atoms with van der Waals surface area (Å²) in [6.07, 6.45) is 6.40. The van der Waals surface area contributed by atoms with E-state index in [0.29, 0.717) is 18.1 Å². The van der Waals surface area contributed by atoms with Crippen molar-refractivity contribution in [3.63, 3.8) is 0 Å². The minimum Gasteiger partial charge on any atom is -0.460 e. The highest BCUT2D eigenvalue weighted by Gasteiger charge is 2.74.